The van der Waals surface area contributed by atoms with Crippen molar-refractivity contribution in [3.05, 3.63) is 70.4 Å². The second kappa shape index (κ2) is 8.53. The van der Waals surface area contributed by atoms with E-state index in [-0.39, 0.29) is 46.5 Å². The topological polar surface area (TPSA) is 87.5 Å². The minimum atomic E-state index is -4.83. The average Bonchev–Trinajstić information content (AvgIpc) is 3.09. The lowest BCUT2D eigenvalue weighted by molar-refractivity contribution is -0.137. The molecule has 7 nitrogen and oxygen atoms in total. The highest BCUT2D eigenvalue weighted by molar-refractivity contribution is 6.34. The lowest BCUT2D eigenvalue weighted by Gasteiger charge is -2.36. The van der Waals surface area contributed by atoms with Crippen LogP contribution >= 0.6 is 11.6 Å². The van der Waals surface area contributed by atoms with Crippen molar-refractivity contribution >= 4 is 29.1 Å². The number of benzene rings is 2. The zero-order valence-corrected chi connectivity index (χ0v) is 18.0. The molecule has 1 fully saturated rings. The maximum absolute atomic E-state index is 13.9. The summed E-state index contributed by atoms with van der Waals surface area (Å²) in [6.45, 7) is 0.385. The number of likely N-dealkylation sites (tertiary alicyclic amines) is 1. The number of aliphatic hydroxyl groups excluding tert-OH is 1. The number of aliphatic hydroxyl groups is 1. The van der Waals surface area contributed by atoms with E-state index < -0.39 is 29.4 Å². The van der Waals surface area contributed by atoms with Gasteiger partial charge in [-0.1, -0.05) is 41.9 Å². The third-order valence-corrected chi connectivity index (χ3v) is 5.51. The molecular formula is C22H18ClF3N4O3. The zero-order valence-electron chi connectivity index (χ0n) is 17.2. The average molecular weight is 479 g/mol. The number of hydrogen-bond donors (Lipinski definition) is 2. The molecule has 0 bridgehead atoms. The smallest absolute Gasteiger partial charge is 0.389 e. The third-order valence-electron chi connectivity index (χ3n) is 5.20. The van der Waals surface area contributed by atoms with Gasteiger partial charge in [-0.15, -0.1) is 0 Å². The zero-order chi connectivity index (χ0) is 23.9. The first kappa shape index (κ1) is 22.8. The van der Waals surface area contributed by atoms with E-state index in [1.807, 2.05) is 0 Å². The number of carbonyl (C=O) groups excluding carboxylic acids is 2. The van der Waals surface area contributed by atoms with Gasteiger partial charge >= 0.3 is 6.18 Å². The van der Waals surface area contributed by atoms with E-state index >= 15 is 0 Å². The number of aromatic nitrogens is 2. The Bertz CT molecular complexity index is 1220. The summed E-state index contributed by atoms with van der Waals surface area (Å²) in [7, 11) is 1.26. The van der Waals surface area contributed by atoms with Crippen LogP contribution in [-0.2, 0) is 13.2 Å². The van der Waals surface area contributed by atoms with Gasteiger partial charge in [-0.25, -0.2) is 0 Å². The number of β-amino-alcohol motifs (C(OH)–C–C–N with tert-alkyl or cyclic N) is 1. The van der Waals surface area contributed by atoms with Crippen molar-refractivity contribution in [1.82, 2.24) is 14.7 Å². The Labute approximate surface area is 191 Å². The molecule has 0 aliphatic carbocycles. The van der Waals surface area contributed by atoms with Crippen LogP contribution in [0, 0.1) is 0 Å². The molecule has 0 saturated carbocycles. The molecule has 0 unspecified atom stereocenters. The van der Waals surface area contributed by atoms with E-state index in [4.69, 9.17) is 11.6 Å². The number of nitrogens with one attached hydrogen (secondary N) is 1. The summed E-state index contributed by atoms with van der Waals surface area (Å²) in [6, 6.07) is 11.8. The van der Waals surface area contributed by atoms with Gasteiger partial charge in [0.15, 0.2) is 0 Å². The van der Waals surface area contributed by atoms with E-state index in [0.29, 0.717) is 0 Å². The molecule has 0 radical (unpaired) electrons. The quantitative estimate of drug-likeness (QED) is 0.596. The summed E-state index contributed by atoms with van der Waals surface area (Å²) in [5.41, 5.74) is -1.67. The largest absolute Gasteiger partial charge is 0.420 e. The van der Waals surface area contributed by atoms with Crippen LogP contribution in [0.1, 0.15) is 26.4 Å². The van der Waals surface area contributed by atoms with Crippen molar-refractivity contribution in [2.75, 3.05) is 18.4 Å². The summed E-state index contributed by atoms with van der Waals surface area (Å²) < 4.78 is 42.7. The SMILES string of the molecule is Cn1nc(-c2ccccc2)c(C(F)(F)F)c1C(=O)Nc1ccc(C(=O)N2CC(O)C2)c(Cl)c1. The van der Waals surface area contributed by atoms with Gasteiger partial charge < -0.3 is 15.3 Å². The monoisotopic (exact) mass is 478 g/mol. The number of nitrogens with zero attached hydrogens (tertiary/aromatic N) is 3. The maximum Gasteiger partial charge on any atom is 0.420 e. The highest BCUT2D eigenvalue weighted by Crippen LogP contribution is 2.39. The van der Waals surface area contributed by atoms with Gasteiger partial charge in [0, 0.05) is 31.4 Å². The second-order valence-corrected chi connectivity index (χ2v) is 7.98. The number of anilines is 1. The summed E-state index contributed by atoms with van der Waals surface area (Å²) in [6.07, 6.45) is -5.41. The first-order chi connectivity index (χ1) is 15.6. The summed E-state index contributed by atoms with van der Waals surface area (Å²) in [4.78, 5) is 26.7. The Balaban J connectivity index is 1.63. The number of aryl methyl sites for hydroxylation is 1. The van der Waals surface area contributed by atoms with E-state index in [1.54, 1.807) is 18.2 Å². The first-order valence-electron chi connectivity index (χ1n) is 9.84. The second-order valence-electron chi connectivity index (χ2n) is 7.57. The highest BCUT2D eigenvalue weighted by Gasteiger charge is 2.42. The Kier molecular flexibility index (Phi) is 5.89. The van der Waals surface area contributed by atoms with Gasteiger partial charge in [0.05, 0.1) is 16.7 Å². The van der Waals surface area contributed by atoms with Crippen LogP contribution in [0.4, 0.5) is 18.9 Å². The highest BCUT2D eigenvalue weighted by atomic mass is 35.5. The third kappa shape index (κ3) is 4.44. The minimum absolute atomic E-state index is 0.0187. The van der Waals surface area contributed by atoms with Gasteiger partial charge in [0.2, 0.25) is 0 Å². The fourth-order valence-electron chi connectivity index (χ4n) is 3.60. The molecule has 4 rings (SSSR count). The predicted molar refractivity (Wildman–Crippen MR) is 115 cm³/mol. The van der Waals surface area contributed by atoms with Gasteiger partial charge in [-0.2, -0.15) is 18.3 Å². The predicted octanol–water partition coefficient (Wildman–Crippen LogP) is 3.83. The number of rotatable bonds is 4. The molecule has 11 heteroatoms. The van der Waals surface area contributed by atoms with Gasteiger partial charge in [-0.3, -0.25) is 14.3 Å². The molecule has 3 aromatic rings. The van der Waals surface area contributed by atoms with Crippen molar-refractivity contribution in [2.45, 2.75) is 12.3 Å². The van der Waals surface area contributed by atoms with Crippen molar-refractivity contribution in [1.29, 1.82) is 0 Å². The fourth-order valence-corrected chi connectivity index (χ4v) is 3.86. The molecule has 2 N–H and O–H groups in total. The molecule has 1 aliphatic heterocycles. The molecule has 2 heterocycles. The summed E-state index contributed by atoms with van der Waals surface area (Å²) in [5.74, 6) is -1.41. The van der Waals surface area contributed by atoms with Crippen LogP contribution in [0.5, 0.6) is 0 Å². The summed E-state index contributed by atoms with van der Waals surface area (Å²) in [5, 5.41) is 15.7. The molecule has 1 aliphatic rings. The van der Waals surface area contributed by atoms with Gasteiger partial charge in [0.1, 0.15) is 17.0 Å². The Morgan fingerprint density at radius 3 is 2.39 bits per heavy atom. The van der Waals surface area contributed by atoms with Crippen molar-refractivity contribution in [2.24, 2.45) is 7.05 Å². The molecule has 172 valence electrons. The van der Waals surface area contributed by atoms with Crippen LogP contribution in [0.25, 0.3) is 11.3 Å². The lowest BCUT2D eigenvalue weighted by atomic mass is 10.0. The summed E-state index contributed by atoms with van der Waals surface area (Å²) >= 11 is 6.18. The van der Waals surface area contributed by atoms with Crippen molar-refractivity contribution in [3.63, 3.8) is 0 Å². The first-order valence-corrected chi connectivity index (χ1v) is 10.2. The standard InChI is InChI=1S/C22H18ClF3N4O3/c1-29-19(17(22(24,25)26)18(28-29)12-5-3-2-4-6-12)20(32)27-13-7-8-15(16(23)9-13)21(33)30-10-14(31)11-30/h2-9,14,31H,10-11H2,1H3,(H,27,32). The fraction of sp³-hybridized carbons (Fsp3) is 0.227. The maximum atomic E-state index is 13.9. The van der Waals surface area contributed by atoms with E-state index in [0.717, 1.165) is 4.68 Å². The molecule has 33 heavy (non-hydrogen) atoms. The lowest BCUT2D eigenvalue weighted by Crippen LogP contribution is -2.53. The van der Waals surface area contributed by atoms with Crippen LogP contribution in [0.3, 0.4) is 0 Å². The number of carbonyl (C=O) groups is 2. The van der Waals surface area contributed by atoms with Gasteiger partial charge in [-0.05, 0) is 18.2 Å². The molecule has 2 amide bonds. The van der Waals surface area contributed by atoms with Crippen molar-refractivity contribution < 1.29 is 27.9 Å². The van der Waals surface area contributed by atoms with Crippen LogP contribution in [0.2, 0.25) is 5.02 Å². The molecule has 0 spiro atoms. The molecule has 2 aromatic carbocycles. The normalized spacial score (nSPS) is 14.2. The van der Waals surface area contributed by atoms with E-state index in [2.05, 4.69) is 10.4 Å². The van der Waals surface area contributed by atoms with Crippen molar-refractivity contribution in [3.8, 4) is 11.3 Å². The number of alkyl halides is 3. The van der Waals surface area contributed by atoms with Gasteiger partial charge in [0.25, 0.3) is 11.8 Å². The van der Waals surface area contributed by atoms with E-state index in [9.17, 15) is 27.9 Å². The number of hydrogen-bond acceptors (Lipinski definition) is 4. The Morgan fingerprint density at radius 1 is 1.15 bits per heavy atom. The minimum Gasteiger partial charge on any atom is -0.389 e. The number of halogens is 4. The van der Waals surface area contributed by atoms with Crippen LogP contribution in [-0.4, -0.2) is 50.8 Å². The molecular weight excluding hydrogens is 461 g/mol. The number of amides is 2. The van der Waals surface area contributed by atoms with E-state index in [1.165, 1.54) is 42.3 Å². The molecule has 0 atom stereocenters. The van der Waals surface area contributed by atoms with Crippen LogP contribution in [0.15, 0.2) is 48.5 Å². The van der Waals surface area contributed by atoms with Crippen LogP contribution < -0.4 is 5.32 Å². The molecule has 1 saturated heterocycles. The Morgan fingerprint density at radius 2 is 1.82 bits per heavy atom. The molecule has 1 aromatic heterocycles. The Hall–Kier alpha value is -3.37.